The highest BCUT2D eigenvalue weighted by Crippen LogP contribution is 2.20. The van der Waals surface area contributed by atoms with Gasteiger partial charge in [0, 0.05) is 13.1 Å². The molecule has 0 aliphatic rings. The number of benzene rings is 1. The highest BCUT2D eigenvalue weighted by molar-refractivity contribution is 7.96. The lowest BCUT2D eigenvalue weighted by molar-refractivity contribution is -0.137. The normalized spacial score (nSPS) is 12.3. The summed E-state index contributed by atoms with van der Waals surface area (Å²) in [4.78, 5) is 14.4. The molecule has 6 heteroatoms. The number of carbonyl (C=O) groups excluding carboxylic acids is 1. The molecule has 0 aliphatic carbocycles. The van der Waals surface area contributed by atoms with E-state index in [1.807, 2.05) is 6.20 Å². The summed E-state index contributed by atoms with van der Waals surface area (Å²) in [5.41, 5.74) is 0. The van der Waals surface area contributed by atoms with Crippen LogP contribution in [-0.4, -0.2) is 39.0 Å². The molecule has 0 spiro atoms. The van der Waals surface area contributed by atoms with Gasteiger partial charge in [-0.3, -0.25) is 0 Å². The van der Waals surface area contributed by atoms with Crippen LogP contribution in [0.3, 0.4) is 0 Å². The van der Waals surface area contributed by atoms with Gasteiger partial charge in [-0.1, -0.05) is 70.6 Å². The molecule has 0 bridgehead atoms. The van der Waals surface area contributed by atoms with Gasteiger partial charge in [0.2, 0.25) is 9.84 Å². The van der Waals surface area contributed by atoms with Gasteiger partial charge in [0.25, 0.3) is 0 Å². The lowest BCUT2D eigenvalue weighted by Crippen LogP contribution is -2.20. The molecule has 5 nitrogen and oxygen atoms in total. The highest BCUT2D eigenvalue weighted by Gasteiger charge is 2.27. The fraction of sp³-hybridized carbons (Fsp3) is 0.560. The van der Waals surface area contributed by atoms with E-state index >= 15 is 0 Å². The molecule has 0 aliphatic heterocycles. The van der Waals surface area contributed by atoms with Crippen LogP contribution in [0, 0.1) is 0 Å². The number of ether oxygens (including phenoxy) is 1. The lowest BCUT2D eigenvalue weighted by atomic mass is 10.2. The second-order valence-corrected chi connectivity index (χ2v) is 9.48. The average molecular weight is 450 g/mol. The van der Waals surface area contributed by atoms with Crippen molar-refractivity contribution < 1.29 is 17.9 Å². The summed E-state index contributed by atoms with van der Waals surface area (Å²) in [6.07, 6.45) is 14.3. The van der Waals surface area contributed by atoms with E-state index in [2.05, 4.69) is 18.7 Å². The van der Waals surface area contributed by atoms with Crippen molar-refractivity contribution in [1.82, 2.24) is 4.90 Å². The minimum absolute atomic E-state index is 0.0821. The van der Waals surface area contributed by atoms with E-state index < -0.39 is 15.8 Å². The Morgan fingerprint density at radius 3 is 2.00 bits per heavy atom. The quantitative estimate of drug-likeness (QED) is 0.136. The van der Waals surface area contributed by atoms with Crippen molar-refractivity contribution in [1.29, 1.82) is 0 Å². The predicted molar refractivity (Wildman–Crippen MR) is 127 cm³/mol. The Balaban J connectivity index is 3.02. The summed E-state index contributed by atoms with van der Waals surface area (Å²) in [7, 11) is -3.95. The Morgan fingerprint density at radius 1 is 0.903 bits per heavy atom. The Labute approximate surface area is 189 Å². The first-order valence-corrected chi connectivity index (χ1v) is 13.0. The third-order valence-electron chi connectivity index (χ3n) is 4.96. The van der Waals surface area contributed by atoms with Gasteiger partial charge in [-0.25, -0.2) is 13.2 Å². The molecule has 1 aromatic rings. The van der Waals surface area contributed by atoms with Gasteiger partial charge in [0.15, 0.2) is 4.91 Å². The summed E-state index contributed by atoms with van der Waals surface area (Å²) < 4.78 is 31.0. The topological polar surface area (TPSA) is 63.7 Å². The van der Waals surface area contributed by atoms with Crippen LogP contribution in [0.5, 0.6) is 0 Å². The van der Waals surface area contributed by atoms with Crippen molar-refractivity contribution in [2.75, 3.05) is 19.7 Å². The molecule has 0 heterocycles. The minimum atomic E-state index is -3.95. The second-order valence-electron chi connectivity index (χ2n) is 7.57. The van der Waals surface area contributed by atoms with Crippen LogP contribution in [0.4, 0.5) is 0 Å². The first-order chi connectivity index (χ1) is 15.0. The maximum atomic E-state index is 13.0. The average Bonchev–Trinajstić information content (AvgIpc) is 2.77. The van der Waals surface area contributed by atoms with E-state index in [4.69, 9.17) is 4.74 Å². The smallest absolute Gasteiger partial charge is 0.350 e. The first-order valence-electron chi connectivity index (χ1n) is 11.6. The summed E-state index contributed by atoms with van der Waals surface area (Å²) in [6, 6.07) is 7.99. The van der Waals surface area contributed by atoms with Crippen molar-refractivity contribution in [2.24, 2.45) is 0 Å². The molecule has 31 heavy (non-hydrogen) atoms. The number of rotatable bonds is 16. The van der Waals surface area contributed by atoms with Crippen molar-refractivity contribution in [2.45, 2.75) is 77.0 Å². The molecule has 0 radical (unpaired) electrons. The number of unbranched alkanes of at least 4 members (excludes halogenated alkanes) is 6. The molecular weight excluding hydrogens is 410 g/mol. The van der Waals surface area contributed by atoms with Gasteiger partial charge in [0.05, 0.1) is 11.5 Å². The molecule has 1 rings (SSSR count). The van der Waals surface area contributed by atoms with Gasteiger partial charge < -0.3 is 9.64 Å². The minimum Gasteiger partial charge on any atom is -0.462 e. The standard InChI is InChI=1S/C25H39NO4S/c1-4-7-9-14-20-26(21-15-10-8-5-2)22-16-19-24(25(27)30-6-3)31(28,29)23-17-12-11-13-18-23/h11-13,16-19,22H,4-10,14-15,20-21H2,1-3H3/b22-16+,24-19-. The van der Waals surface area contributed by atoms with E-state index in [1.54, 1.807) is 31.2 Å². The van der Waals surface area contributed by atoms with E-state index in [9.17, 15) is 13.2 Å². The molecule has 0 unspecified atom stereocenters. The molecule has 0 saturated heterocycles. The van der Waals surface area contributed by atoms with Gasteiger partial charge in [-0.05, 0) is 50.3 Å². The Bertz CT molecular complexity index is 773. The molecule has 0 saturated carbocycles. The molecule has 174 valence electrons. The van der Waals surface area contributed by atoms with Crippen molar-refractivity contribution in [3.8, 4) is 0 Å². The number of allylic oxidation sites excluding steroid dienone is 2. The lowest BCUT2D eigenvalue weighted by Gasteiger charge is -2.20. The molecular formula is C25H39NO4S. The Hall–Kier alpha value is -2.08. The van der Waals surface area contributed by atoms with E-state index in [0.717, 1.165) is 25.9 Å². The number of sulfone groups is 1. The van der Waals surface area contributed by atoms with Gasteiger partial charge in [0.1, 0.15) is 0 Å². The molecule has 0 atom stereocenters. The van der Waals surface area contributed by atoms with Crippen LogP contribution in [0.1, 0.15) is 72.1 Å². The second kappa shape index (κ2) is 15.7. The number of hydrogen-bond donors (Lipinski definition) is 0. The highest BCUT2D eigenvalue weighted by atomic mass is 32.2. The molecule has 1 aromatic carbocycles. The van der Waals surface area contributed by atoms with E-state index in [1.165, 1.54) is 56.7 Å². The van der Waals surface area contributed by atoms with Crippen LogP contribution in [0.25, 0.3) is 0 Å². The third kappa shape index (κ3) is 10.2. The van der Waals surface area contributed by atoms with Crippen LogP contribution in [-0.2, 0) is 19.4 Å². The molecule has 0 N–H and O–H groups in total. The maximum Gasteiger partial charge on any atom is 0.350 e. The van der Waals surface area contributed by atoms with Crippen molar-refractivity contribution >= 4 is 15.8 Å². The number of nitrogens with zero attached hydrogens (tertiary/aromatic N) is 1. The zero-order chi connectivity index (χ0) is 23.0. The van der Waals surface area contributed by atoms with E-state index in [-0.39, 0.29) is 16.4 Å². The SMILES string of the molecule is CCCCCCN(/C=C/C=C(/C(=O)OCC)S(=O)(=O)c1ccccc1)CCCCCC. The molecule has 0 amide bonds. The van der Waals surface area contributed by atoms with Gasteiger partial charge in [-0.15, -0.1) is 0 Å². The Morgan fingerprint density at radius 2 is 1.48 bits per heavy atom. The Kier molecular flexibility index (Phi) is 13.6. The third-order valence-corrected chi connectivity index (χ3v) is 6.74. The van der Waals surface area contributed by atoms with Crippen LogP contribution >= 0.6 is 0 Å². The van der Waals surface area contributed by atoms with Crippen LogP contribution in [0.2, 0.25) is 0 Å². The van der Waals surface area contributed by atoms with Crippen LogP contribution in [0.15, 0.2) is 58.5 Å². The van der Waals surface area contributed by atoms with Crippen LogP contribution < -0.4 is 0 Å². The zero-order valence-corrected chi connectivity index (χ0v) is 20.2. The van der Waals surface area contributed by atoms with Gasteiger partial charge >= 0.3 is 5.97 Å². The predicted octanol–water partition coefficient (Wildman–Crippen LogP) is 5.88. The zero-order valence-electron chi connectivity index (χ0n) is 19.4. The first kappa shape index (κ1) is 27.0. The van der Waals surface area contributed by atoms with Crippen molar-refractivity contribution in [3.05, 3.63) is 53.6 Å². The number of hydrogen-bond acceptors (Lipinski definition) is 5. The van der Waals surface area contributed by atoms with Crippen molar-refractivity contribution in [3.63, 3.8) is 0 Å². The molecule has 0 aromatic heterocycles. The summed E-state index contributed by atoms with van der Waals surface area (Å²) in [5, 5.41) is 0. The summed E-state index contributed by atoms with van der Waals surface area (Å²) >= 11 is 0. The number of carbonyl (C=O) groups is 1. The largest absolute Gasteiger partial charge is 0.462 e. The fourth-order valence-electron chi connectivity index (χ4n) is 3.19. The number of esters is 1. The van der Waals surface area contributed by atoms with E-state index in [0.29, 0.717) is 0 Å². The fourth-order valence-corrected chi connectivity index (χ4v) is 4.50. The maximum absolute atomic E-state index is 13.0. The summed E-state index contributed by atoms with van der Waals surface area (Å²) in [5.74, 6) is -0.826. The molecule has 0 fully saturated rings. The van der Waals surface area contributed by atoms with Gasteiger partial charge in [-0.2, -0.15) is 0 Å². The summed E-state index contributed by atoms with van der Waals surface area (Å²) in [6.45, 7) is 8.02. The monoisotopic (exact) mass is 449 g/mol.